The van der Waals surface area contributed by atoms with E-state index in [-0.39, 0.29) is 29.1 Å². The zero-order valence-corrected chi connectivity index (χ0v) is 16.3. The van der Waals surface area contributed by atoms with E-state index >= 15 is 0 Å². The molecular formula is C20H27N3O4. The molecule has 1 fully saturated rings. The van der Waals surface area contributed by atoms with Gasteiger partial charge in [-0.2, -0.15) is 5.10 Å². The number of nitrogens with zero attached hydrogens (tertiary/aromatic N) is 3. The zero-order chi connectivity index (χ0) is 20.0. The molecule has 2 heterocycles. The Labute approximate surface area is 159 Å². The van der Waals surface area contributed by atoms with Gasteiger partial charge in [-0.05, 0) is 44.9 Å². The average molecular weight is 373 g/mol. The Hall–Kier alpha value is -2.83. The Balaban J connectivity index is 0.00000126. The van der Waals surface area contributed by atoms with Crippen LogP contribution in [0.2, 0.25) is 0 Å². The minimum absolute atomic E-state index is 0.0289. The van der Waals surface area contributed by atoms with Gasteiger partial charge in [-0.1, -0.05) is 19.9 Å². The van der Waals surface area contributed by atoms with Crippen LogP contribution in [0.25, 0.3) is 0 Å². The van der Waals surface area contributed by atoms with Gasteiger partial charge >= 0.3 is 6.09 Å². The van der Waals surface area contributed by atoms with Gasteiger partial charge in [0.2, 0.25) is 0 Å². The number of hydrogen-bond donors (Lipinski definition) is 1. The highest BCUT2D eigenvalue weighted by atomic mass is 16.6. The van der Waals surface area contributed by atoms with E-state index in [1.54, 1.807) is 11.1 Å². The smallest absolute Gasteiger partial charge is 0.415 e. The number of aromatic hydroxyl groups is 1. The molecule has 1 amide bonds. The molecule has 1 atom stereocenters. The Morgan fingerprint density at radius 1 is 1.33 bits per heavy atom. The molecule has 7 nitrogen and oxygen atoms in total. The first-order valence-electron chi connectivity index (χ1n) is 9.32. The molecule has 3 rings (SSSR count). The second kappa shape index (κ2) is 9.21. The quantitative estimate of drug-likeness (QED) is 0.806. The standard InChI is InChI=1S/C18H21N3O4.C2H6/c1-12(2)21-15(8-9-19-21)14-5-4-10-20(14)18(24)25-17-7-3-6-16(23)13(17)11-22;1-2/h3,6-9,11-12,14,23H,4-5,10H2,1-2H3;1-2H3. The Kier molecular flexibility index (Phi) is 6.98. The summed E-state index contributed by atoms with van der Waals surface area (Å²) in [6.45, 7) is 8.65. The fourth-order valence-electron chi connectivity index (χ4n) is 3.21. The van der Waals surface area contributed by atoms with Gasteiger partial charge in [0.25, 0.3) is 0 Å². The molecule has 1 N–H and O–H groups in total. The molecule has 1 aliphatic heterocycles. The van der Waals surface area contributed by atoms with E-state index in [9.17, 15) is 14.7 Å². The van der Waals surface area contributed by atoms with Crippen LogP contribution in [0.15, 0.2) is 30.5 Å². The third-order valence-corrected chi connectivity index (χ3v) is 4.38. The molecule has 0 saturated carbocycles. The van der Waals surface area contributed by atoms with Crippen molar-refractivity contribution in [2.45, 2.75) is 52.6 Å². The highest BCUT2D eigenvalue weighted by Gasteiger charge is 2.34. The third kappa shape index (κ3) is 4.30. The maximum Gasteiger partial charge on any atom is 0.415 e. The lowest BCUT2D eigenvalue weighted by atomic mass is 10.1. The minimum atomic E-state index is -0.535. The SMILES string of the molecule is CC.CC(C)n1nccc1C1CCCN1C(=O)Oc1cccc(O)c1C=O. The van der Waals surface area contributed by atoms with Gasteiger partial charge in [-0.3, -0.25) is 14.4 Å². The number of carbonyl (C=O) groups excluding carboxylic acids is 2. The lowest BCUT2D eigenvalue weighted by Gasteiger charge is -2.25. The predicted octanol–water partition coefficient (Wildman–Crippen LogP) is 4.34. The molecule has 0 bridgehead atoms. The molecule has 0 aliphatic carbocycles. The Morgan fingerprint density at radius 2 is 2.07 bits per heavy atom. The molecular weight excluding hydrogens is 346 g/mol. The first-order chi connectivity index (χ1) is 13.0. The number of phenols is 1. The van der Waals surface area contributed by atoms with Crippen LogP contribution in [0, 0.1) is 0 Å². The summed E-state index contributed by atoms with van der Waals surface area (Å²) >= 11 is 0. The predicted molar refractivity (Wildman–Crippen MR) is 102 cm³/mol. The lowest BCUT2D eigenvalue weighted by Crippen LogP contribution is -2.34. The maximum atomic E-state index is 12.7. The number of benzene rings is 1. The van der Waals surface area contributed by atoms with E-state index in [1.807, 2.05) is 38.4 Å². The summed E-state index contributed by atoms with van der Waals surface area (Å²) in [5.41, 5.74) is 0.940. The van der Waals surface area contributed by atoms with Gasteiger partial charge < -0.3 is 9.84 Å². The molecule has 1 aromatic carbocycles. The lowest BCUT2D eigenvalue weighted by molar-refractivity contribution is 0.111. The van der Waals surface area contributed by atoms with E-state index in [0.29, 0.717) is 12.8 Å². The van der Waals surface area contributed by atoms with Crippen LogP contribution in [0.5, 0.6) is 11.5 Å². The summed E-state index contributed by atoms with van der Waals surface area (Å²) in [6.07, 6.45) is 3.37. The van der Waals surface area contributed by atoms with Gasteiger partial charge in [-0.25, -0.2) is 4.79 Å². The van der Waals surface area contributed by atoms with Crippen LogP contribution in [-0.2, 0) is 0 Å². The van der Waals surface area contributed by atoms with E-state index < -0.39 is 6.09 Å². The van der Waals surface area contributed by atoms with Crippen molar-refractivity contribution >= 4 is 12.4 Å². The van der Waals surface area contributed by atoms with Crippen LogP contribution in [0.3, 0.4) is 0 Å². The summed E-state index contributed by atoms with van der Waals surface area (Å²) in [4.78, 5) is 25.4. The number of hydrogen-bond acceptors (Lipinski definition) is 5. The van der Waals surface area contributed by atoms with Gasteiger partial charge in [-0.15, -0.1) is 0 Å². The van der Waals surface area contributed by atoms with Crippen LogP contribution in [-0.4, -0.2) is 38.7 Å². The van der Waals surface area contributed by atoms with Crippen LogP contribution >= 0.6 is 0 Å². The van der Waals surface area contributed by atoms with Crippen molar-refractivity contribution in [3.05, 3.63) is 41.7 Å². The van der Waals surface area contributed by atoms with E-state index in [2.05, 4.69) is 5.10 Å². The summed E-state index contributed by atoms with van der Waals surface area (Å²) in [5.74, 6) is -0.154. The van der Waals surface area contributed by atoms with E-state index in [1.165, 1.54) is 18.2 Å². The van der Waals surface area contributed by atoms with Gasteiger partial charge in [0.1, 0.15) is 11.5 Å². The fourth-order valence-corrected chi connectivity index (χ4v) is 3.21. The van der Waals surface area contributed by atoms with Crippen molar-refractivity contribution in [1.29, 1.82) is 0 Å². The molecule has 0 radical (unpaired) electrons. The fraction of sp³-hybridized carbons (Fsp3) is 0.450. The monoisotopic (exact) mass is 373 g/mol. The number of ether oxygens (including phenoxy) is 1. The molecule has 1 aromatic heterocycles. The number of aldehydes is 1. The van der Waals surface area contributed by atoms with Crippen molar-refractivity contribution in [3.63, 3.8) is 0 Å². The van der Waals surface area contributed by atoms with Crippen molar-refractivity contribution in [3.8, 4) is 11.5 Å². The van der Waals surface area contributed by atoms with Crippen molar-refractivity contribution in [2.75, 3.05) is 6.54 Å². The second-order valence-corrected chi connectivity index (χ2v) is 6.32. The number of phenolic OH excluding ortho intramolecular Hbond substituents is 1. The van der Waals surface area contributed by atoms with Crippen molar-refractivity contribution in [2.24, 2.45) is 0 Å². The van der Waals surface area contributed by atoms with E-state index in [0.717, 1.165) is 18.5 Å². The summed E-state index contributed by atoms with van der Waals surface area (Å²) in [6, 6.07) is 6.39. The molecule has 1 aliphatic rings. The highest BCUT2D eigenvalue weighted by molar-refractivity contribution is 5.85. The first-order valence-corrected chi connectivity index (χ1v) is 9.32. The molecule has 0 spiro atoms. The van der Waals surface area contributed by atoms with Crippen molar-refractivity contribution < 1.29 is 19.4 Å². The molecule has 7 heteroatoms. The maximum absolute atomic E-state index is 12.7. The molecule has 1 unspecified atom stereocenters. The minimum Gasteiger partial charge on any atom is -0.507 e. The van der Waals surface area contributed by atoms with Crippen LogP contribution in [0.4, 0.5) is 4.79 Å². The largest absolute Gasteiger partial charge is 0.507 e. The first kappa shape index (κ1) is 20.5. The normalized spacial score (nSPS) is 16.0. The Bertz CT molecular complexity index is 785. The van der Waals surface area contributed by atoms with Crippen LogP contribution < -0.4 is 4.74 Å². The van der Waals surface area contributed by atoms with Gasteiger partial charge in [0.15, 0.2) is 6.29 Å². The number of rotatable bonds is 4. The number of carbonyl (C=O) groups is 2. The summed E-state index contributed by atoms with van der Waals surface area (Å²) < 4.78 is 7.30. The molecule has 146 valence electrons. The second-order valence-electron chi connectivity index (χ2n) is 6.32. The Morgan fingerprint density at radius 3 is 2.74 bits per heavy atom. The molecule has 2 aromatic rings. The van der Waals surface area contributed by atoms with Crippen molar-refractivity contribution in [1.82, 2.24) is 14.7 Å². The average Bonchev–Trinajstić information content (AvgIpc) is 3.32. The van der Waals surface area contributed by atoms with Gasteiger partial charge in [0, 0.05) is 18.8 Å². The number of amides is 1. The zero-order valence-electron chi connectivity index (χ0n) is 16.3. The third-order valence-electron chi connectivity index (χ3n) is 4.38. The van der Waals surface area contributed by atoms with Gasteiger partial charge in [0.05, 0.1) is 17.3 Å². The number of likely N-dealkylation sites (tertiary alicyclic amines) is 1. The van der Waals surface area contributed by atoms with E-state index in [4.69, 9.17) is 4.74 Å². The molecule has 27 heavy (non-hydrogen) atoms. The summed E-state index contributed by atoms with van der Waals surface area (Å²) in [5, 5.41) is 14.1. The summed E-state index contributed by atoms with van der Waals surface area (Å²) in [7, 11) is 0. The van der Waals surface area contributed by atoms with Crippen LogP contribution in [0.1, 0.15) is 68.7 Å². The topological polar surface area (TPSA) is 84.7 Å². The highest BCUT2D eigenvalue weighted by Crippen LogP contribution is 2.34. The number of aromatic nitrogens is 2. The molecule has 1 saturated heterocycles.